The smallest absolute Gasteiger partial charge is 0.271 e. The molecule has 0 unspecified atom stereocenters. The molecule has 1 aliphatic carbocycles. The van der Waals surface area contributed by atoms with E-state index in [0.29, 0.717) is 11.6 Å². The van der Waals surface area contributed by atoms with Crippen molar-refractivity contribution in [3.8, 4) is 11.5 Å². The van der Waals surface area contributed by atoms with Crippen LogP contribution in [0.2, 0.25) is 0 Å². The summed E-state index contributed by atoms with van der Waals surface area (Å²) in [6, 6.07) is 9.99. The Bertz CT molecular complexity index is 947. The van der Waals surface area contributed by atoms with Gasteiger partial charge in [0.15, 0.2) is 11.5 Å². The fraction of sp³-hybridized carbons (Fsp3) is 0.435. The number of carbonyl (C=O) groups excluding carboxylic acids is 1. The molecule has 2 atom stereocenters. The third-order valence-corrected chi connectivity index (χ3v) is 6.59. The molecule has 158 valence electrons. The van der Waals surface area contributed by atoms with E-state index in [1.54, 1.807) is 38.7 Å². The summed E-state index contributed by atoms with van der Waals surface area (Å²) in [5.74, 6) is 1.31. The highest BCUT2D eigenvalue weighted by atomic mass is 16.5. The molecular weight excluding hydrogens is 380 g/mol. The minimum Gasteiger partial charge on any atom is -0.493 e. The number of nitrogens with zero attached hydrogens (tertiary/aromatic N) is 3. The van der Waals surface area contributed by atoms with Crippen molar-refractivity contribution in [1.29, 1.82) is 0 Å². The highest BCUT2D eigenvalue weighted by Gasteiger charge is 2.49. The SMILES string of the molecule is COc1ccc([C@@]23CC/C(=N\NC(=O)c4ccncc4)C[C@@H]2N(C)CC3)cc1OC. The van der Waals surface area contributed by atoms with E-state index in [-0.39, 0.29) is 11.3 Å². The standard InChI is InChI=1S/C23H28N4O3/c1-27-13-10-23(17-4-5-19(29-2)20(14-17)30-3)9-6-18(15-21(23)27)25-26-22(28)16-7-11-24-12-8-16/h4-5,7-8,11-12,14,21H,6,9-10,13,15H2,1-3H3,(H,26,28)/b25-18+/t21-,23-/m0/s1. The number of ether oxygens (including phenoxy) is 2. The van der Waals surface area contributed by atoms with Crippen molar-refractivity contribution in [2.45, 2.75) is 37.1 Å². The molecule has 0 spiro atoms. The molecule has 1 saturated heterocycles. The van der Waals surface area contributed by atoms with Crippen molar-refractivity contribution in [2.75, 3.05) is 27.8 Å². The Morgan fingerprint density at radius 1 is 1.17 bits per heavy atom. The van der Waals surface area contributed by atoms with Gasteiger partial charge in [-0.3, -0.25) is 9.78 Å². The van der Waals surface area contributed by atoms with Crippen molar-refractivity contribution in [1.82, 2.24) is 15.3 Å². The number of hydrazone groups is 1. The predicted molar refractivity (Wildman–Crippen MR) is 115 cm³/mol. The number of carbonyl (C=O) groups is 1. The zero-order valence-corrected chi connectivity index (χ0v) is 17.7. The molecule has 1 aliphatic heterocycles. The van der Waals surface area contributed by atoms with Gasteiger partial charge >= 0.3 is 0 Å². The first-order valence-corrected chi connectivity index (χ1v) is 10.3. The average molecular weight is 409 g/mol. The number of hydrogen-bond acceptors (Lipinski definition) is 6. The number of hydrogen-bond donors (Lipinski definition) is 1. The molecule has 2 heterocycles. The summed E-state index contributed by atoms with van der Waals surface area (Å²) in [5, 5.41) is 4.47. The largest absolute Gasteiger partial charge is 0.493 e. The summed E-state index contributed by atoms with van der Waals surface area (Å²) in [6.45, 7) is 1.04. The number of fused-ring (bicyclic) bond motifs is 1. The highest BCUT2D eigenvalue weighted by molar-refractivity contribution is 5.95. The van der Waals surface area contributed by atoms with Crippen molar-refractivity contribution < 1.29 is 14.3 Å². The molecule has 2 aliphatic rings. The molecule has 2 aromatic rings. The van der Waals surface area contributed by atoms with Crippen molar-refractivity contribution in [2.24, 2.45) is 5.10 Å². The maximum absolute atomic E-state index is 12.3. The lowest BCUT2D eigenvalue weighted by Gasteiger charge is -2.42. The van der Waals surface area contributed by atoms with Crippen LogP contribution in [-0.2, 0) is 5.41 Å². The van der Waals surface area contributed by atoms with Crippen LogP contribution < -0.4 is 14.9 Å². The number of benzene rings is 1. The maximum Gasteiger partial charge on any atom is 0.271 e. The van der Waals surface area contributed by atoms with Crippen molar-refractivity contribution in [3.63, 3.8) is 0 Å². The fourth-order valence-electron chi connectivity index (χ4n) is 4.88. The second kappa shape index (κ2) is 8.44. The topological polar surface area (TPSA) is 76.0 Å². The van der Waals surface area contributed by atoms with Crippen LogP contribution in [0.4, 0.5) is 0 Å². The van der Waals surface area contributed by atoms with E-state index in [9.17, 15) is 4.79 Å². The Morgan fingerprint density at radius 2 is 1.93 bits per heavy atom. The van der Waals surface area contributed by atoms with Gasteiger partial charge in [0.05, 0.1) is 14.2 Å². The lowest BCUT2D eigenvalue weighted by Crippen LogP contribution is -2.46. The average Bonchev–Trinajstić information content (AvgIpc) is 3.14. The number of aromatic nitrogens is 1. The molecule has 0 radical (unpaired) electrons. The first-order valence-electron chi connectivity index (χ1n) is 10.3. The van der Waals surface area contributed by atoms with E-state index in [2.05, 4.69) is 39.6 Å². The van der Waals surface area contributed by atoms with Crippen LogP contribution >= 0.6 is 0 Å². The lowest BCUT2D eigenvalue weighted by atomic mass is 9.65. The van der Waals surface area contributed by atoms with E-state index in [4.69, 9.17) is 9.47 Å². The number of nitrogens with one attached hydrogen (secondary N) is 1. The van der Waals surface area contributed by atoms with Gasteiger partial charge in [-0.15, -0.1) is 0 Å². The Morgan fingerprint density at radius 3 is 2.67 bits per heavy atom. The van der Waals surface area contributed by atoms with Gasteiger partial charge in [-0.1, -0.05) is 6.07 Å². The molecule has 1 aromatic carbocycles. The summed E-state index contributed by atoms with van der Waals surface area (Å²) in [5.41, 5.74) is 5.65. The minimum atomic E-state index is -0.207. The Balaban J connectivity index is 1.55. The van der Waals surface area contributed by atoms with Gasteiger partial charge in [0, 0.05) is 41.5 Å². The van der Waals surface area contributed by atoms with E-state index in [0.717, 1.165) is 49.4 Å². The molecule has 1 N–H and O–H groups in total. The number of likely N-dealkylation sites (N-methyl/N-ethyl adjacent to an activating group) is 1. The Kier molecular flexibility index (Phi) is 5.72. The quantitative estimate of drug-likeness (QED) is 0.770. The molecule has 7 heteroatoms. The Labute approximate surface area is 177 Å². The number of rotatable bonds is 5. The summed E-state index contributed by atoms with van der Waals surface area (Å²) >= 11 is 0. The van der Waals surface area contributed by atoms with Crippen molar-refractivity contribution in [3.05, 3.63) is 53.9 Å². The summed E-state index contributed by atoms with van der Waals surface area (Å²) in [6.07, 6.45) is 6.99. The summed E-state index contributed by atoms with van der Waals surface area (Å²) in [7, 11) is 5.51. The van der Waals surface area contributed by atoms with Crippen molar-refractivity contribution >= 4 is 11.6 Å². The molecule has 4 rings (SSSR count). The van der Waals surface area contributed by atoms with Crippen LogP contribution in [0.3, 0.4) is 0 Å². The van der Waals surface area contributed by atoms with Gasteiger partial charge in [-0.25, -0.2) is 5.43 Å². The minimum absolute atomic E-state index is 0.0580. The van der Waals surface area contributed by atoms with E-state index in [1.807, 2.05) is 6.07 Å². The fourth-order valence-corrected chi connectivity index (χ4v) is 4.88. The molecule has 1 saturated carbocycles. The molecule has 2 fully saturated rings. The van der Waals surface area contributed by atoms with Gasteiger partial charge in [-0.05, 0) is 62.7 Å². The molecule has 30 heavy (non-hydrogen) atoms. The van der Waals surface area contributed by atoms with Crippen LogP contribution in [0, 0.1) is 0 Å². The van der Waals surface area contributed by atoms with Gasteiger partial charge < -0.3 is 14.4 Å². The van der Waals surface area contributed by atoms with Crippen LogP contribution in [0.25, 0.3) is 0 Å². The number of likely N-dealkylation sites (tertiary alicyclic amines) is 1. The molecule has 1 aromatic heterocycles. The first-order chi connectivity index (χ1) is 14.6. The number of pyridine rings is 1. The van der Waals surface area contributed by atoms with Gasteiger partial charge in [0.25, 0.3) is 5.91 Å². The normalized spacial score (nSPS) is 25.0. The zero-order chi connectivity index (χ0) is 21.1. The van der Waals surface area contributed by atoms with Gasteiger partial charge in [0.1, 0.15) is 0 Å². The van der Waals surface area contributed by atoms with Crippen LogP contribution in [-0.4, -0.2) is 55.4 Å². The zero-order valence-electron chi connectivity index (χ0n) is 17.7. The third kappa shape index (κ3) is 3.65. The number of amides is 1. The molecule has 1 amide bonds. The van der Waals surface area contributed by atoms with E-state index >= 15 is 0 Å². The predicted octanol–water partition coefficient (Wildman–Crippen LogP) is 3.01. The third-order valence-electron chi connectivity index (χ3n) is 6.59. The first kappa shape index (κ1) is 20.3. The van der Waals surface area contributed by atoms with Crippen LogP contribution in [0.5, 0.6) is 11.5 Å². The highest BCUT2D eigenvalue weighted by Crippen LogP contribution is 2.49. The number of methoxy groups -OCH3 is 2. The van der Waals surface area contributed by atoms with Gasteiger partial charge in [-0.2, -0.15) is 5.10 Å². The second-order valence-electron chi connectivity index (χ2n) is 8.03. The van der Waals surface area contributed by atoms with Crippen LogP contribution in [0.15, 0.2) is 47.8 Å². The molecule has 7 nitrogen and oxygen atoms in total. The van der Waals surface area contributed by atoms with Crippen LogP contribution in [0.1, 0.15) is 41.6 Å². The monoisotopic (exact) mass is 408 g/mol. The Hall–Kier alpha value is -2.93. The summed E-state index contributed by atoms with van der Waals surface area (Å²) in [4.78, 5) is 18.7. The van der Waals surface area contributed by atoms with E-state index in [1.165, 1.54) is 5.56 Å². The van der Waals surface area contributed by atoms with E-state index < -0.39 is 0 Å². The summed E-state index contributed by atoms with van der Waals surface area (Å²) < 4.78 is 11.0. The lowest BCUT2D eigenvalue weighted by molar-refractivity contribution is 0.0954. The molecule has 0 bridgehead atoms. The second-order valence-corrected chi connectivity index (χ2v) is 8.03. The maximum atomic E-state index is 12.3. The molecular formula is C23H28N4O3. The van der Waals surface area contributed by atoms with Gasteiger partial charge in [0.2, 0.25) is 0 Å².